The van der Waals surface area contributed by atoms with Crippen molar-refractivity contribution in [2.45, 2.75) is 115 Å². The minimum absolute atomic E-state index is 0.0408. The van der Waals surface area contributed by atoms with Crippen LogP contribution in [-0.4, -0.2) is 72.8 Å². The second-order valence-electron chi connectivity index (χ2n) is 13.3. The van der Waals surface area contributed by atoms with E-state index in [4.69, 9.17) is 15.2 Å². The van der Waals surface area contributed by atoms with E-state index >= 15 is 0 Å². The maximum absolute atomic E-state index is 13.9. The van der Waals surface area contributed by atoms with Gasteiger partial charge >= 0.3 is 6.09 Å². The molecule has 1 saturated carbocycles. The number of unbranched alkanes of at least 4 members (excludes halogenated alkanes) is 3. The number of aromatic nitrogens is 1. The lowest BCUT2D eigenvalue weighted by atomic mass is 9.95. The van der Waals surface area contributed by atoms with E-state index in [9.17, 15) is 27.9 Å². The number of nitrogens with two attached hydrogens (primary N) is 1. The molecule has 6 unspecified atom stereocenters. The zero-order chi connectivity index (χ0) is 33.4. The Morgan fingerprint density at radius 2 is 1.93 bits per heavy atom. The number of fused-ring (bicyclic) bond motifs is 1. The molecule has 0 aromatic carbocycles. The molecule has 1 aromatic rings. The maximum Gasteiger partial charge on any atom is 0.408 e. The molecule has 4 N–H and O–H groups in total. The number of primary amides is 1. The number of carbonyl (C=O) groups excluding carboxylic acids is 4. The summed E-state index contributed by atoms with van der Waals surface area (Å²) in [6.07, 6.45) is 12.6. The van der Waals surface area contributed by atoms with Gasteiger partial charge in [-0.1, -0.05) is 25.0 Å². The Bertz CT molecular complexity index is 1330. The summed E-state index contributed by atoms with van der Waals surface area (Å²) in [5, 5.41) is 2.72. The minimum Gasteiger partial charge on any atom is -0.755 e. The first-order valence-corrected chi connectivity index (χ1v) is 17.2. The van der Waals surface area contributed by atoms with Gasteiger partial charge < -0.3 is 30.0 Å². The smallest absolute Gasteiger partial charge is 0.408 e. The van der Waals surface area contributed by atoms with Gasteiger partial charge in [-0.15, -0.1) is 0 Å². The molecule has 0 radical (unpaired) electrons. The Morgan fingerprint density at radius 1 is 1.17 bits per heavy atom. The number of carbonyl (C=O) groups is 4. The Morgan fingerprint density at radius 3 is 2.65 bits per heavy atom. The lowest BCUT2D eigenvalue weighted by Gasteiger charge is -2.28. The summed E-state index contributed by atoms with van der Waals surface area (Å²) >= 11 is -2.60. The number of pyridine rings is 1. The third kappa shape index (κ3) is 10.2. The normalized spacial score (nSPS) is 23.7. The number of nitrogens with one attached hydrogen (secondary N) is 2. The van der Waals surface area contributed by atoms with Crippen LogP contribution >= 0.6 is 0 Å². The number of ether oxygens (including phenoxy) is 2. The summed E-state index contributed by atoms with van der Waals surface area (Å²) in [4.78, 5) is 56.8. The highest BCUT2D eigenvalue weighted by atomic mass is 32.2. The number of amides is 4. The molecular weight excluding hydrogens is 614 g/mol. The Hall–Kier alpha value is -3.52. The highest BCUT2D eigenvalue weighted by molar-refractivity contribution is 7.77. The standard InChI is InChI=1S/C32H47N5O8S/c1-32(2,3)45-31(41)35-25(14-8-6-4-5-7-11-20-17-23(20)29(39)36-46(42)43)30(40)37-19-21(18-26(37)28(33)38)44-27-15-16-34-24-13-10-9-12-22(24)27/h7,11,15-16,20-21,23,25-26H,4-6,8-10,12-14,17-19H2,1-3H3,(H2,33,38)(H,35,41)(H,36,39)(H,42,43)/p-1. The molecule has 14 heteroatoms. The van der Waals surface area contributed by atoms with Gasteiger partial charge in [0, 0.05) is 41.1 Å². The zero-order valence-electron chi connectivity index (χ0n) is 26.8. The molecule has 13 nitrogen and oxygen atoms in total. The third-order valence-corrected chi connectivity index (χ3v) is 8.82. The quantitative estimate of drug-likeness (QED) is 0.153. The van der Waals surface area contributed by atoms with E-state index < -0.39 is 58.9 Å². The number of aryl methyl sites for hydroxylation is 1. The number of alkyl carbamates (subject to hydrolysis) is 1. The van der Waals surface area contributed by atoms with Crippen LogP contribution in [0.25, 0.3) is 0 Å². The van der Waals surface area contributed by atoms with Crippen LogP contribution in [0.5, 0.6) is 5.75 Å². The van der Waals surface area contributed by atoms with Gasteiger partial charge in [0.05, 0.1) is 6.54 Å². The van der Waals surface area contributed by atoms with Gasteiger partial charge in [0.15, 0.2) is 0 Å². The molecule has 0 spiro atoms. The largest absolute Gasteiger partial charge is 0.755 e. The second kappa shape index (κ2) is 15.9. The van der Waals surface area contributed by atoms with E-state index in [0.29, 0.717) is 19.3 Å². The maximum atomic E-state index is 13.9. The monoisotopic (exact) mass is 660 g/mol. The molecular formula is C32H46N5O8S-. The van der Waals surface area contributed by atoms with Crippen LogP contribution in [0.15, 0.2) is 24.4 Å². The molecule has 2 aliphatic carbocycles. The molecule has 46 heavy (non-hydrogen) atoms. The van der Waals surface area contributed by atoms with Crippen LogP contribution in [0.3, 0.4) is 0 Å². The predicted molar refractivity (Wildman–Crippen MR) is 169 cm³/mol. The van der Waals surface area contributed by atoms with Gasteiger partial charge in [-0.05, 0) is 84.1 Å². The van der Waals surface area contributed by atoms with Crippen molar-refractivity contribution in [1.82, 2.24) is 19.9 Å². The van der Waals surface area contributed by atoms with Crippen molar-refractivity contribution in [1.29, 1.82) is 0 Å². The van der Waals surface area contributed by atoms with Crippen LogP contribution < -0.4 is 20.5 Å². The van der Waals surface area contributed by atoms with Crippen LogP contribution in [0.2, 0.25) is 0 Å². The van der Waals surface area contributed by atoms with Crippen LogP contribution in [-0.2, 0) is 43.2 Å². The van der Waals surface area contributed by atoms with Crippen molar-refractivity contribution in [2.24, 2.45) is 17.6 Å². The zero-order valence-corrected chi connectivity index (χ0v) is 27.6. The first-order valence-electron chi connectivity index (χ1n) is 16.1. The molecule has 1 aromatic heterocycles. The van der Waals surface area contributed by atoms with Gasteiger partial charge in [-0.2, -0.15) is 0 Å². The lowest BCUT2D eigenvalue weighted by Crippen LogP contribution is -2.53. The van der Waals surface area contributed by atoms with E-state index in [-0.39, 0.29) is 24.8 Å². The van der Waals surface area contributed by atoms with Gasteiger partial charge in [0.25, 0.3) is 0 Å². The summed E-state index contributed by atoms with van der Waals surface area (Å²) in [7, 11) is 0. The summed E-state index contributed by atoms with van der Waals surface area (Å²) in [5.74, 6) is -1.06. The van der Waals surface area contributed by atoms with Crippen LogP contribution in [0, 0.1) is 11.8 Å². The van der Waals surface area contributed by atoms with Crippen molar-refractivity contribution in [2.75, 3.05) is 6.54 Å². The molecule has 4 amide bonds. The molecule has 1 saturated heterocycles. The first kappa shape index (κ1) is 35.3. The Balaban J connectivity index is 1.33. The number of hydrogen-bond donors (Lipinski definition) is 3. The fourth-order valence-electron chi connectivity index (χ4n) is 6.13. The van der Waals surface area contributed by atoms with Crippen LogP contribution in [0.1, 0.15) is 89.8 Å². The number of nitrogens with zero attached hydrogens (tertiary/aromatic N) is 2. The molecule has 3 aliphatic rings. The van der Waals surface area contributed by atoms with Crippen molar-refractivity contribution in [3.05, 3.63) is 35.7 Å². The predicted octanol–water partition coefficient (Wildman–Crippen LogP) is 2.74. The molecule has 1 aliphatic heterocycles. The van der Waals surface area contributed by atoms with Gasteiger partial charge in [-0.25, -0.2) is 4.79 Å². The summed E-state index contributed by atoms with van der Waals surface area (Å²) in [6.45, 7) is 5.37. The lowest BCUT2D eigenvalue weighted by molar-refractivity contribution is -0.139. The summed E-state index contributed by atoms with van der Waals surface area (Å²) in [6, 6.07) is 0.0377. The number of hydrogen-bond acceptors (Lipinski definition) is 9. The van der Waals surface area contributed by atoms with Gasteiger partial charge in [0.2, 0.25) is 17.7 Å². The van der Waals surface area contributed by atoms with Crippen molar-refractivity contribution in [3.8, 4) is 5.75 Å². The number of rotatable bonds is 14. The van der Waals surface area contributed by atoms with Crippen molar-refractivity contribution in [3.63, 3.8) is 0 Å². The first-order chi connectivity index (χ1) is 21.8. The van der Waals surface area contributed by atoms with Crippen molar-refractivity contribution < 1.29 is 37.4 Å². The molecule has 6 atom stereocenters. The van der Waals surface area contributed by atoms with Gasteiger partial charge in [0.1, 0.15) is 29.5 Å². The van der Waals surface area contributed by atoms with E-state index in [1.165, 1.54) is 4.90 Å². The van der Waals surface area contributed by atoms with E-state index in [2.05, 4.69) is 10.3 Å². The molecule has 2 heterocycles. The van der Waals surface area contributed by atoms with E-state index in [1.54, 1.807) is 27.0 Å². The van der Waals surface area contributed by atoms with Crippen LogP contribution in [0.4, 0.5) is 4.79 Å². The highest BCUT2D eigenvalue weighted by Crippen LogP contribution is 2.40. The van der Waals surface area contributed by atoms with E-state index in [0.717, 1.165) is 62.0 Å². The third-order valence-electron chi connectivity index (χ3n) is 8.46. The SMILES string of the molecule is CC(C)(C)OC(=O)NC(CCCCCC=CC1CC1C(=O)NS(=O)[O-])C(=O)N1CC(Oc2ccnc3c2CCCC3)CC1C(N)=O. The highest BCUT2D eigenvalue weighted by Gasteiger charge is 2.43. The summed E-state index contributed by atoms with van der Waals surface area (Å²) < 4.78 is 34.9. The second-order valence-corrected chi connectivity index (χ2v) is 14.0. The Kier molecular flexibility index (Phi) is 12.2. The fourth-order valence-corrected chi connectivity index (χ4v) is 6.45. The molecule has 2 fully saturated rings. The summed E-state index contributed by atoms with van der Waals surface area (Å²) in [5.41, 5.74) is 7.09. The fraction of sp³-hybridized carbons (Fsp3) is 0.656. The number of allylic oxidation sites excluding steroid dienone is 2. The average molecular weight is 661 g/mol. The average Bonchev–Trinajstić information content (AvgIpc) is 3.63. The van der Waals surface area contributed by atoms with E-state index in [1.807, 2.05) is 22.9 Å². The topological polar surface area (TPSA) is 193 Å². The minimum atomic E-state index is -2.60. The van der Waals surface area contributed by atoms with Gasteiger partial charge in [-0.3, -0.25) is 28.3 Å². The molecule has 4 rings (SSSR count). The number of likely N-dealkylation sites (tertiary alicyclic amines) is 1. The van der Waals surface area contributed by atoms with Crippen molar-refractivity contribution >= 4 is 35.1 Å². The molecule has 0 bridgehead atoms. The Labute approximate surface area is 272 Å². The molecule has 254 valence electrons.